The summed E-state index contributed by atoms with van der Waals surface area (Å²) in [6.07, 6.45) is 7.49. The predicted octanol–water partition coefficient (Wildman–Crippen LogP) is 4.38. The third kappa shape index (κ3) is 2.32. The summed E-state index contributed by atoms with van der Waals surface area (Å²) in [5.74, 6) is 0.744. The minimum Gasteiger partial charge on any atom is -0.341 e. The summed E-state index contributed by atoms with van der Waals surface area (Å²) in [6, 6.07) is 6.72. The summed E-state index contributed by atoms with van der Waals surface area (Å²) < 4.78 is 2.15. The Hall–Kier alpha value is -2.47. The Labute approximate surface area is 149 Å². The molecule has 1 N–H and O–H groups in total. The molecule has 5 rings (SSSR count). The number of aromatic nitrogens is 6. The maximum absolute atomic E-state index is 6.06. The van der Waals surface area contributed by atoms with E-state index in [-0.39, 0.29) is 5.28 Å². The molecule has 1 unspecified atom stereocenters. The summed E-state index contributed by atoms with van der Waals surface area (Å²) in [4.78, 5) is 15.8. The van der Waals surface area contributed by atoms with Crippen molar-refractivity contribution in [3.8, 4) is 11.3 Å². The lowest BCUT2D eigenvalue weighted by molar-refractivity contribution is 0.215. The van der Waals surface area contributed by atoms with Gasteiger partial charge in [-0.2, -0.15) is 10.1 Å². The summed E-state index contributed by atoms with van der Waals surface area (Å²) in [7, 11) is 0. The average molecular weight is 353 g/mol. The van der Waals surface area contributed by atoms with Crippen LogP contribution in [0.5, 0.6) is 0 Å². The number of halogens is 1. The van der Waals surface area contributed by atoms with Crippen molar-refractivity contribution >= 4 is 33.7 Å². The number of hydrogen-bond donors (Lipinski definition) is 1. The van der Waals surface area contributed by atoms with E-state index in [4.69, 9.17) is 11.6 Å². The Morgan fingerprint density at radius 2 is 2.16 bits per heavy atom. The quantitative estimate of drug-likeness (QED) is 0.555. The minimum absolute atomic E-state index is 0.198. The first-order valence-corrected chi connectivity index (χ1v) is 8.93. The summed E-state index contributed by atoms with van der Waals surface area (Å²) in [6.45, 7) is 2.27. The van der Waals surface area contributed by atoms with Crippen molar-refractivity contribution in [1.29, 1.82) is 0 Å². The van der Waals surface area contributed by atoms with Gasteiger partial charge in [0.05, 0.1) is 24.1 Å². The molecule has 1 aromatic carbocycles. The highest BCUT2D eigenvalue weighted by Crippen LogP contribution is 2.37. The van der Waals surface area contributed by atoms with Crippen molar-refractivity contribution in [1.82, 2.24) is 29.7 Å². The molecule has 7 heteroatoms. The molecule has 126 valence electrons. The first-order valence-electron chi connectivity index (χ1n) is 8.55. The van der Waals surface area contributed by atoms with Crippen LogP contribution in [-0.2, 0) is 0 Å². The van der Waals surface area contributed by atoms with E-state index in [9.17, 15) is 0 Å². The number of aromatic amines is 1. The number of nitrogens with zero attached hydrogens (tertiary/aromatic N) is 5. The number of hydrogen-bond acceptors (Lipinski definition) is 4. The molecule has 0 amide bonds. The lowest BCUT2D eigenvalue weighted by Crippen LogP contribution is -2.23. The van der Waals surface area contributed by atoms with Gasteiger partial charge in [0.2, 0.25) is 5.28 Å². The van der Waals surface area contributed by atoms with Gasteiger partial charge in [0.15, 0.2) is 5.65 Å². The van der Waals surface area contributed by atoms with Gasteiger partial charge < -0.3 is 4.98 Å². The molecule has 25 heavy (non-hydrogen) atoms. The van der Waals surface area contributed by atoms with E-state index in [0.717, 1.165) is 33.6 Å². The zero-order valence-corrected chi connectivity index (χ0v) is 14.5. The van der Waals surface area contributed by atoms with Gasteiger partial charge >= 0.3 is 0 Å². The standard InChI is InChI=1S/C18H17ClN6/c1-10(11-3-2-4-11)25-14-6-5-12(7-13(14)8-22-25)15-16-17(21-9-20-16)24-18(19)23-15/h5-11H,2-4H2,1H3,(H,20,21,23,24). The van der Waals surface area contributed by atoms with Gasteiger partial charge in [-0.05, 0) is 49.4 Å². The van der Waals surface area contributed by atoms with Crippen LogP contribution in [0.15, 0.2) is 30.7 Å². The molecule has 0 aliphatic heterocycles. The predicted molar refractivity (Wildman–Crippen MR) is 97.5 cm³/mol. The van der Waals surface area contributed by atoms with E-state index >= 15 is 0 Å². The van der Waals surface area contributed by atoms with E-state index in [0.29, 0.717) is 11.7 Å². The van der Waals surface area contributed by atoms with E-state index in [2.05, 4.69) is 54.8 Å². The molecule has 1 atom stereocenters. The van der Waals surface area contributed by atoms with Gasteiger partial charge in [-0.25, -0.2) is 9.97 Å². The first-order chi connectivity index (χ1) is 12.2. The molecular formula is C18H17ClN6. The number of H-pyrrole nitrogens is 1. The van der Waals surface area contributed by atoms with E-state index in [1.165, 1.54) is 19.3 Å². The zero-order chi connectivity index (χ0) is 17.0. The normalized spacial score (nSPS) is 16.4. The van der Waals surface area contributed by atoms with Crippen LogP contribution >= 0.6 is 11.6 Å². The van der Waals surface area contributed by atoms with Crippen LogP contribution in [0.3, 0.4) is 0 Å². The number of rotatable bonds is 3. The first kappa shape index (κ1) is 14.8. The second kappa shape index (κ2) is 5.52. The van der Waals surface area contributed by atoms with Crippen molar-refractivity contribution in [3.63, 3.8) is 0 Å². The molecule has 0 saturated heterocycles. The molecule has 6 nitrogen and oxygen atoms in total. The lowest BCUT2D eigenvalue weighted by Gasteiger charge is -2.31. The second-order valence-electron chi connectivity index (χ2n) is 6.74. The highest BCUT2D eigenvalue weighted by Gasteiger charge is 2.26. The Bertz CT molecular complexity index is 1080. The van der Waals surface area contributed by atoms with Crippen LogP contribution < -0.4 is 0 Å². The van der Waals surface area contributed by atoms with Crippen LogP contribution in [-0.4, -0.2) is 29.7 Å². The van der Waals surface area contributed by atoms with Gasteiger partial charge in [-0.1, -0.05) is 12.5 Å². The topological polar surface area (TPSA) is 72.3 Å². The molecule has 0 radical (unpaired) electrons. The van der Waals surface area contributed by atoms with Crippen molar-refractivity contribution in [2.75, 3.05) is 0 Å². The maximum atomic E-state index is 6.06. The summed E-state index contributed by atoms with van der Waals surface area (Å²) in [5.41, 5.74) is 4.25. The van der Waals surface area contributed by atoms with Crippen molar-refractivity contribution in [2.45, 2.75) is 32.2 Å². The highest BCUT2D eigenvalue weighted by atomic mass is 35.5. The molecule has 0 bridgehead atoms. The van der Waals surface area contributed by atoms with E-state index in [1.54, 1.807) is 6.33 Å². The van der Waals surface area contributed by atoms with Crippen LogP contribution in [0, 0.1) is 5.92 Å². The van der Waals surface area contributed by atoms with Crippen molar-refractivity contribution in [2.24, 2.45) is 5.92 Å². The van der Waals surface area contributed by atoms with Gasteiger partial charge in [-0.15, -0.1) is 0 Å². The number of nitrogens with one attached hydrogen (secondary N) is 1. The van der Waals surface area contributed by atoms with Gasteiger partial charge in [0, 0.05) is 10.9 Å². The Morgan fingerprint density at radius 1 is 1.28 bits per heavy atom. The monoisotopic (exact) mass is 352 g/mol. The van der Waals surface area contributed by atoms with Crippen molar-refractivity contribution in [3.05, 3.63) is 36.0 Å². The summed E-state index contributed by atoms with van der Waals surface area (Å²) >= 11 is 6.06. The molecule has 1 aliphatic rings. The fourth-order valence-electron chi connectivity index (χ4n) is 3.66. The van der Waals surface area contributed by atoms with Gasteiger partial charge in [0.1, 0.15) is 11.2 Å². The second-order valence-corrected chi connectivity index (χ2v) is 7.07. The largest absolute Gasteiger partial charge is 0.341 e. The molecule has 1 saturated carbocycles. The third-order valence-electron chi connectivity index (χ3n) is 5.35. The molecule has 3 heterocycles. The zero-order valence-electron chi connectivity index (χ0n) is 13.8. The van der Waals surface area contributed by atoms with Crippen LogP contribution in [0.25, 0.3) is 33.3 Å². The smallest absolute Gasteiger partial charge is 0.225 e. The summed E-state index contributed by atoms with van der Waals surface area (Å²) in [5, 5.41) is 5.94. The third-order valence-corrected chi connectivity index (χ3v) is 5.51. The van der Waals surface area contributed by atoms with Crippen LogP contribution in [0.2, 0.25) is 5.28 Å². The lowest BCUT2D eigenvalue weighted by atomic mass is 9.80. The van der Waals surface area contributed by atoms with Crippen molar-refractivity contribution < 1.29 is 0 Å². The number of fused-ring (bicyclic) bond motifs is 2. The Balaban J connectivity index is 1.62. The maximum Gasteiger partial charge on any atom is 0.225 e. The number of benzene rings is 1. The molecular weight excluding hydrogens is 336 g/mol. The van der Waals surface area contributed by atoms with E-state index < -0.39 is 0 Å². The Morgan fingerprint density at radius 3 is 2.96 bits per heavy atom. The van der Waals surface area contributed by atoms with E-state index in [1.807, 2.05) is 6.20 Å². The minimum atomic E-state index is 0.198. The Kier molecular flexibility index (Phi) is 3.28. The molecule has 4 aromatic rings. The molecule has 1 aliphatic carbocycles. The SMILES string of the molecule is CC(C1CCC1)n1ncc2cc(-c3nc(Cl)nc4nc[nH]c34)ccc21. The van der Waals surface area contributed by atoms with Gasteiger partial charge in [-0.3, -0.25) is 4.68 Å². The molecule has 1 fully saturated rings. The highest BCUT2D eigenvalue weighted by molar-refractivity contribution is 6.28. The molecule has 0 spiro atoms. The van der Waals surface area contributed by atoms with Crippen LogP contribution in [0.1, 0.15) is 32.2 Å². The fourth-order valence-corrected chi connectivity index (χ4v) is 3.83. The van der Waals surface area contributed by atoms with Crippen LogP contribution in [0.4, 0.5) is 0 Å². The number of imidazole rings is 1. The molecule has 3 aromatic heterocycles. The average Bonchev–Trinajstić information content (AvgIpc) is 3.17. The fraction of sp³-hybridized carbons (Fsp3) is 0.333. The van der Waals surface area contributed by atoms with Gasteiger partial charge in [0.25, 0.3) is 0 Å².